The molecule has 0 heterocycles. The number of hydrogen-bond donors (Lipinski definition) is 0. The SMILES string of the molecule is CCCCC.[CH2-]c1ccccc1.[Li+]. The van der Waals surface area contributed by atoms with Crippen molar-refractivity contribution in [2.75, 3.05) is 0 Å². The van der Waals surface area contributed by atoms with Crippen LogP contribution < -0.4 is 18.9 Å². The third-order valence-corrected chi connectivity index (χ3v) is 1.55. The van der Waals surface area contributed by atoms with Crippen molar-refractivity contribution in [3.05, 3.63) is 42.8 Å². The first kappa shape index (κ1) is 15.2. The van der Waals surface area contributed by atoms with E-state index in [4.69, 9.17) is 0 Å². The fourth-order valence-electron chi connectivity index (χ4n) is 0.832. The summed E-state index contributed by atoms with van der Waals surface area (Å²) in [6.07, 6.45) is 4.08. The molecular weight excluding hydrogens is 151 g/mol. The van der Waals surface area contributed by atoms with E-state index in [2.05, 4.69) is 20.8 Å². The normalized spacial score (nSPS) is 7.85. The molecule has 1 rings (SSSR count). The second-order valence-corrected chi connectivity index (χ2v) is 2.84. The Morgan fingerprint density at radius 3 is 1.62 bits per heavy atom. The van der Waals surface area contributed by atoms with Gasteiger partial charge in [0.15, 0.2) is 0 Å². The molecule has 0 aliphatic rings. The molecule has 0 unspecified atom stereocenters. The molecule has 0 aromatic heterocycles. The Hall–Kier alpha value is -0.313. The molecule has 1 heteroatoms. The van der Waals surface area contributed by atoms with E-state index in [1.807, 2.05) is 30.3 Å². The van der Waals surface area contributed by atoms with Crippen LogP contribution in [0.4, 0.5) is 0 Å². The molecule has 0 radical (unpaired) electrons. The van der Waals surface area contributed by atoms with Crippen LogP contribution in [0.5, 0.6) is 0 Å². The predicted molar refractivity (Wildman–Crippen MR) is 56.1 cm³/mol. The fraction of sp³-hybridized carbons (Fsp3) is 0.417. The molecule has 0 saturated carbocycles. The van der Waals surface area contributed by atoms with E-state index in [1.54, 1.807) is 0 Å². The Labute approximate surface area is 94.9 Å². The summed E-state index contributed by atoms with van der Waals surface area (Å²) in [6, 6.07) is 9.87. The van der Waals surface area contributed by atoms with E-state index in [0.717, 1.165) is 5.56 Å². The fourth-order valence-corrected chi connectivity index (χ4v) is 0.832. The molecule has 0 aliphatic carbocycles. The monoisotopic (exact) mass is 170 g/mol. The van der Waals surface area contributed by atoms with Gasteiger partial charge in [0.2, 0.25) is 0 Å². The number of rotatable bonds is 2. The second-order valence-electron chi connectivity index (χ2n) is 2.84. The van der Waals surface area contributed by atoms with Gasteiger partial charge in [-0.05, 0) is 0 Å². The van der Waals surface area contributed by atoms with Crippen molar-refractivity contribution in [1.82, 2.24) is 0 Å². The zero-order valence-electron chi connectivity index (χ0n) is 9.22. The Kier molecular flexibility index (Phi) is 13.6. The van der Waals surface area contributed by atoms with Gasteiger partial charge >= 0.3 is 18.9 Å². The van der Waals surface area contributed by atoms with Gasteiger partial charge in [-0.1, -0.05) is 39.2 Å². The molecule has 68 valence electrons. The van der Waals surface area contributed by atoms with Crippen LogP contribution in [0.15, 0.2) is 30.3 Å². The van der Waals surface area contributed by atoms with Gasteiger partial charge in [-0.25, -0.2) is 0 Å². The number of hydrogen-bond acceptors (Lipinski definition) is 0. The van der Waals surface area contributed by atoms with Crippen LogP contribution in [0, 0.1) is 6.92 Å². The standard InChI is InChI=1S/C7H7.C5H12.Li/c1-7-5-3-2-4-6-7;1-3-5-4-2;/h2-6H,1H2;3-5H2,1-2H3;/q-1;;+1. The van der Waals surface area contributed by atoms with E-state index in [-0.39, 0.29) is 18.9 Å². The molecule has 0 bridgehead atoms. The van der Waals surface area contributed by atoms with Gasteiger partial charge in [-0.15, -0.1) is 12.1 Å². The van der Waals surface area contributed by atoms with Crippen LogP contribution in [0.2, 0.25) is 0 Å². The third kappa shape index (κ3) is 11.7. The first-order valence-corrected chi connectivity index (χ1v) is 4.68. The summed E-state index contributed by atoms with van der Waals surface area (Å²) in [5.74, 6) is 0. The maximum Gasteiger partial charge on any atom is 1.00 e. The summed E-state index contributed by atoms with van der Waals surface area (Å²) in [5.41, 5.74) is 1.07. The molecule has 13 heavy (non-hydrogen) atoms. The van der Waals surface area contributed by atoms with Crippen molar-refractivity contribution in [3.8, 4) is 0 Å². The zero-order valence-corrected chi connectivity index (χ0v) is 9.22. The topological polar surface area (TPSA) is 0 Å². The molecule has 0 spiro atoms. The molecule has 0 aliphatic heterocycles. The second kappa shape index (κ2) is 11.7. The Bertz CT molecular complexity index is 168. The molecule has 0 fully saturated rings. The number of benzene rings is 1. The smallest absolute Gasteiger partial charge is 0.199 e. The molecule has 0 amide bonds. The summed E-state index contributed by atoms with van der Waals surface area (Å²) in [5, 5.41) is 0. The minimum Gasteiger partial charge on any atom is -0.199 e. The first-order valence-electron chi connectivity index (χ1n) is 4.68. The van der Waals surface area contributed by atoms with Crippen LogP contribution in [0.1, 0.15) is 38.7 Å². The summed E-state index contributed by atoms with van der Waals surface area (Å²) in [4.78, 5) is 0. The van der Waals surface area contributed by atoms with Crippen LogP contribution in [-0.4, -0.2) is 0 Å². The maximum absolute atomic E-state index is 3.72. The van der Waals surface area contributed by atoms with E-state index >= 15 is 0 Å². The van der Waals surface area contributed by atoms with Gasteiger partial charge in [-0.2, -0.15) is 24.6 Å². The Morgan fingerprint density at radius 1 is 1.00 bits per heavy atom. The van der Waals surface area contributed by atoms with Crippen molar-refractivity contribution in [3.63, 3.8) is 0 Å². The van der Waals surface area contributed by atoms with Gasteiger partial charge in [0.05, 0.1) is 0 Å². The molecule has 1 aromatic rings. The largest absolute Gasteiger partial charge is 1.00 e. The van der Waals surface area contributed by atoms with Crippen LogP contribution in [0.3, 0.4) is 0 Å². The van der Waals surface area contributed by atoms with Crippen LogP contribution >= 0.6 is 0 Å². The minimum absolute atomic E-state index is 0. The van der Waals surface area contributed by atoms with Crippen molar-refractivity contribution in [2.24, 2.45) is 0 Å². The van der Waals surface area contributed by atoms with E-state index in [9.17, 15) is 0 Å². The van der Waals surface area contributed by atoms with Gasteiger partial charge in [0.25, 0.3) is 0 Å². The Morgan fingerprint density at radius 2 is 1.46 bits per heavy atom. The van der Waals surface area contributed by atoms with Crippen molar-refractivity contribution >= 4 is 0 Å². The van der Waals surface area contributed by atoms with Crippen molar-refractivity contribution < 1.29 is 18.9 Å². The van der Waals surface area contributed by atoms with Crippen molar-refractivity contribution in [1.29, 1.82) is 0 Å². The average molecular weight is 170 g/mol. The van der Waals surface area contributed by atoms with E-state index < -0.39 is 0 Å². The van der Waals surface area contributed by atoms with Crippen molar-refractivity contribution in [2.45, 2.75) is 33.1 Å². The van der Waals surface area contributed by atoms with Gasteiger partial charge in [-0.3, -0.25) is 0 Å². The minimum atomic E-state index is 0. The van der Waals surface area contributed by atoms with Gasteiger partial charge in [0, 0.05) is 0 Å². The quantitative estimate of drug-likeness (QED) is 0.460. The Balaban J connectivity index is 0. The summed E-state index contributed by atoms with van der Waals surface area (Å²) < 4.78 is 0. The molecular formula is C12H19Li. The summed E-state index contributed by atoms with van der Waals surface area (Å²) in [6.45, 7) is 8.14. The van der Waals surface area contributed by atoms with Crippen LogP contribution in [0.25, 0.3) is 0 Å². The predicted octanol–water partition coefficient (Wildman–Crippen LogP) is 1.07. The summed E-state index contributed by atoms with van der Waals surface area (Å²) >= 11 is 0. The molecule has 0 nitrogen and oxygen atoms in total. The van der Waals surface area contributed by atoms with Gasteiger partial charge in [0.1, 0.15) is 0 Å². The zero-order chi connectivity index (χ0) is 9.23. The number of unbranched alkanes of at least 4 members (excludes halogenated alkanes) is 2. The average Bonchev–Trinajstić information content (AvgIpc) is 2.08. The third-order valence-electron chi connectivity index (χ3n) is 1.55. The summed E-state index contributed by atoms with van der Waals surface area (Å²) in [7, 11) is 0. The van der Waals surface area contributed by atoms with Gasteiger partial charge < -0.3 is 0 Å². The maximum atomic E-state index is 3.72. The van der Waals surface area contributed by atoms with E-state index in [0.29, 0.717) is 0 Å². The molecule has 0 N–H and O–H groups in total. The first-order chi connectivity index (χ1) is 5.81. The molecule has 0 saturated heterocycles. The molecule has 0 atom stereocenters. The van der Waals surface area contributed by atoms with E-state index in [1.165, 1.54) is 19.3 Å². The van der Waals surface area contributed by atoms with Crippen LogP contribution in [-0.2, 0) is 0 Å². The molecule has 1 aromatic carbocycles.